The molecule has 3 rings (SSSR count). The van der Waals surface area contributed by atoms with Crippen LogP contribution in [0.4, 0.5) is 4.39 Å². The summed E-state index contributed by atoms with van der Waals surface area (Å²) in [6.07, 6.45) is 0. The molecule has 0 unspecified atom stereocenters. The topological polar surface area (TPSA) is 49.9 Å². The van der Waals surface area contributed by atoms with E-state index in [1.54, 1.807) is 21.9 Å². The summed E-state index contributed by atoms with van der Waals surface area (Å²) in [7, 11) is 0. The molecule has 27 heavy (non-hydrogen) atoms. The van der Waals surface area contributed by atoms with Gasteiger partial charge in [-0.2, -0.15) is 0 Å². The molecule has 1 heterocycles. The molecule has 1 aliphatic heterocycles. The van der Waals surface area contributed by atoms with Gasteiger partial charge >= 0.3 is 0 Å². The molecule has 0 bridgehead atoms. The van der Waals surface area contributed by atoms with Gasteiger partial charge in [0, 0.05) is 37.3 Å². The maximum Gasteiger partial charge on any atom is 0.254 e. The van der Waals surface area contributed by atoms with Crippen molar-refractivity contribution in [3.8, 4) is 5.75 Å². The van der Waals surface area contributed by atoms with Crippen molar-refractivity contribution in [3.63, 3.8) is 0 Å². The van der Waals surface area contributed by atoms with Crippen molar-refractivity contribution in [3.05, 3.63) is 65.0 Å². The number of carbonyl (C=O) groups excluding carboxylic acids is 2. The van der Waals surface area contributed by atoms with E-state index in [1.165, 1.54) is 18.2 Å². The smallest absolute Gasteiger partial charge is 0.254 e. The maximum atomic E-state index is 13.3. The highest BCUT2D eigenvalue weighted by molar-refractivity contribution is 5.96. The minimum absolute atomic E-state index is 0.0565. The van der Waals surface area contributed by atoms with Crippen LogP contribution in [-0.2, 0) is 0 Å². The zero-order chi connectivity index (χ0) is 19.4. The Morgan fingerprint density at radius 2 is 1.56 bits per heavy atom. The Balaban J connectivity index is 1.62. The van der Waals surface area contributed by atoms with E-state index in [1.807, 2.05) is 26.0 Å². The Kier molecular flexibility index (Phi) is 5.74. The fourth-order valence-electron chi connectivity index (χ4n) is 3.20. The third-order valence-corrected chi connectivity index (χ3v) is 4.65. The minimum atomic E-state index is -0.430. The average molecular weight is 370 g/mol. The lowest BCUT2D eigenvalue weighted by Crippen LogP contribution is -2.50. The largest absolute Gasteiger partial charge is 0.494 e. The number of carbonyl (C=O) groups is 2. The number of hydrogen-bond donors (Lipinski definition) is 0. The first-order valence-electron chi connectivity index (χ1n) is 9.07. The Labute approximate surface area is 158 Å². The highest BCUT2D eigenvalue weighted by atomic mass is 19.1. The number of ether oxygens (including phenoxy) is 1. The van der Waals surface area contributed by atoms with E-state index >= 15 is 0 Å². The predicted molar refractivity (Wildman–Crippen MR) is 101 cm³/mol. The van der Waals surface area contributed by atoms with Crippen molar-refractivity contribution < 1.29 is 18.7 Å². The zero-order valence-corrected chi connectivity index (χ0v) is 15.6. The molecule has 1 aliphatic rings. The number of amides is 2. The summed E-state index contributed by atoms with van der Waals surface area (Å²) >= 11 is 0. The molecule has 0 radical (unpaired) electrons. The van der Waals surface area contributed by atoms with Gasteiger partial charge in [0.05, 0.1) is 6.61 Å². The average Bonchev–Trinajstić information content (AvgIpc) is 2.68. The van der Waals surface area contributed by atoms with Crippen LogP contribution in [0.3, 0.4) is 0 Å². The first kappa shape index (κ1) is 18.9. The van der Waals surface area contributed by atoms with Crippen LogP contribution in [0.5, 0.6) is 5.75 Å². The van der Waals surface area contributed by atoms with Crippen molar-refractivity contribution in [2.45, 2.75) is 13.8 Å². The summed E-state index contributed by atoms with van der Waals surface area (Å²) in [5, 5.41) is 0. The molecular weight excluding hydrogens is 347 g/mol. The van der Waals surface area contributed by atoms with Crippen molar-refractivity contribution in [1.82, 2.24) is 9.80 Å². The minimum Gasteiger partial charge on any atom is -0.494 e. The Morgan fingerprint density at radius 1 is 0.963 bits per heavy atom. The fraction of sp³-hybridized carbons (Fsp3) is 0.333. The van der Waals surface area contributed by atoms with Gasteiger partial charge in [-0.25, -0.2) is 4.39 Å². The number of hydrogen-bond acceptors (Lipinski definition) is 3. The molecule has 1 saturated heterocycles. The Morgan fingerprint density at radius 3 is 2.07 bits per heavy atom. The molecule has 142 valence electrons. The molecule has 0 N–H and O–H groups in total. The standard InChI is InChI=1S/C21H23FN2O3/c1-3-27-19-8-7-17(13-15(19)2)21(26)24-11-9-23(10-12-24)20(25)16-5-4-6-18(22)14-16/h4-8,13-14H,3,9-12H2,1-2H3. The number of halogens is 1. The van der Waals surface area contributed by atoms with Crippen LogP contribution in [0.15, 0.2) is 42.5 Å². The number of benzene rings is 2. The quantitative estimate of drug-likeness (QED) is 0.831. The lowest BCUT2D eigenvalue weighted by molar-refractivity contribution is 0.0535. The van der Waals surface area contributed by atoms with E-state index in [0.29, 0.717) is 43.9 Å². The summed E-state index contributed by atoms with van der Waals surface area (Å²) in [6, 6.07) is 11.1. The highest BCUT2D eigenvalue weighted by Gasteiger charge is 2.26. The molecule has 2 amide bonds. The van der Waals surface area contributed by atoms with Gasteiger partial charge in [0.25, 0.3) is 11.8 Å². The monoisotopic (exact) mass is 370 g/mol. The number of aryl methyl sites for hydroxylation is 1. The number of rotatable bonds is 4. The SMILES string of the molecule is CCOc1ccc(C(=O)N2CCN(C(=O)c3cccc(F)c3)CC2)cc1C. The second kappa shape index (κ2) is 8.20. The molecule has 6 heteroatoms. The van der Waals surface area contributed by atoms with Crippen molar-refractivity contribution in [2.24, 2.45) is 0 Å². The van der Waals surface area contributed by atoms with Crippen molar-refractivity contribution in [1.29, 1.82) is 0 Å². The molecule has 0 spiro atoms. The summed E-state index contributed by atoms with van der Waals surface area (Å²) in [5.41, 5.74) is 1.86. The third-order valence-electron chi connectivity index (χ3n) is 4.65. The summed E-state index contributed by atoms with van der Waals surface area (Å²) in [6.45, 7) is 6.17. The molecule has 5 nitrogen and oxygen atoms in total. The third kappa shape index (κ3) is 4.27. The van der Waals surface area contributed by atoms with Crippen LogP contribution in [0.2, 0.25) is 0 Å². The fourth-order valence-corrected chi connectivity index (χ4v) is 3.20. The maximum absolute atomic E-state index is 13.3. The molecule has 0 aliphatic carbocycles. The Bertz CT molecular complexity index is 845. The van der Waals surface area contributed by atoms with Crippen LogP contribution in [0.1, 0.15) is 33.2 Å². The van der Waals surface area contributed by atoms with Gasteiger partial charge in [-0.3, -0.25) is 9.59 Å². The van der Waals surface area contributed by atoms with Gasteiger partial charge < -0.3 is 14.5 Å². The molecule has 2 aromatic carbocycles. The van der Waals surface area contributed by atoms with E-state index in [4.69, 9.17) is 4.74 Å². The normalized spacial score (nSPS) is 14.2. The van der Waals surface area contributed by atoms with Crippen LogP contribution in [0.25, 0.3) is 0 Å². The second-order valence-corrected chi connectivity index (χ2v) is 6.51. The van der Waals surface area contributed by atoms with Crippen LogP contribution in [0, 0.1) is 12.7 Å². The first-order valence-corrected chi connectivity index (χ1v) is 9.07. The molecule has 0 aromatic heterocycles. The predicted octanol–water partition coefficient (Wildman–Crippen LogP) is 3.13. The summed E-state index contributed by atoms with van der Waals surface area (Å²) < 4.78 is 18.8. The number of nitrogens with zero attached hydrogens (tertiary/aromatic N) is 2. The van der Waals surface area contributed by atoms with E-state index in [-0.39, 0.29) is 11.8 Å². The van der Waals surface area contributed by atoms with E-state index in [2.05, 4.69) is 0 Å². The van der Waals surface area contributed by atoms with E-state index in [9.17, 15) is 14.0 Å². The first-order chi connectivity index (χ1) is 13.0. The van der Waals surface area contributed by atoms with Crippen molar-refractivity contribution >= 4 is 11.8 Å². The van der Waals surface area contributed by atoms with Crippen LogP contribution in [-0.4, -0.2) is 54.4 Å². The zero-order valence-electron chi connectivity index (χ0n) is 15.6. The van der Waals surface area contributed by atoms with E-state index < -0.39 is 5.82 Å². The molecule has 0 saturated carbocycles. The lowest BCUT2D eigenvalue weighted by Gasteiger charge is -2.35. The highest BCUT2D eigenvalue weighted by Crippen LogP contribution is 2.21. The second-order valence-electron chi connectivity index (χ2n) is 6.51. The number of piperazine rings is 1. The van der Waals surface area contributed by atoms with Gasteiger partial charge in [0.1, 0.15) is 11.6 Å². The van der Waals surface area contributed by atoms with Gasteiger partial charge in [-0.1, -0.05) is 6.07 Å². The van der Waals surface area contributed by atoms with E-state index in [0.717, 1.165) is 11.3 Å². The van der Waals surface area contributed by atoms with Gasteiger partial charge in [-0.05, 0) is 55.8 Å². The molecular formula is C21H23FN2O3. The molecule has 1 fully saturated rings. The molecule has 0 atom stereocenters. The van der Waals surface area contributed by atoms with Crippen LogP contribution >= 0.6 is 0 Å². The van der Waals surface area contributed by atoms with Crippen LogP contribution < -0.4 is 4.74 Å². The van der Waals surface area contributed by atoms with Crippen molar-refractivity contribution in [2.75, 3.05) is 32.8 Å². The summed E-state index contributed by atoms with van der Waals surface area (Å²) in [5.74, 6) is 0.0811. The summed E-state index contributed by atoms with van der Waals surface area (Å²) in [4.78, 5) is 28.6. The Hall–Kier alpha value is -2.89. The van der Waals surface area contributed by atoms with Gasteiger partial charge in [0.2, 0.25) is 0 Å². The van der Waals surface area contributed by atoms with Gasteiger partial charge in [0.15, 0.2) is 0 Å². The van der Waals surface area contributed by atoms with Gasteiger partial charge in [-0.15, -0.1) is 0 Å². The molecule has 2 aromatic rings. The lowest BCUT2D eigenvalue weighted by atomic mass is 10.1.